The summed E-state index contributed by atoms with van der Waals surface area (Å²) in [6.45, 7) is 0.703. The van der Waals surface area contributed by atoms with E-state index in [9.17, 15) is 0 Å². The SMILES string of the molecule is COc1cc(NC/C=C/Cl)ccc1Br. The fraction of sp³-hybridized carbons (Fsp3) is 0.200. The average Bonchev–Trinajstić information content (AvgIpc) is 2.21. The molecule has 0 fully saturated rings. The van der Waals surface area contributed by atoms with E-state index in [1.165, 1.54) is 5.54 Å². The molecule has 4 heteroatoms. The fourth-order valence-corrected chi connectivity index (χ4v) is 1.49. The van der Waals surface area contributed by atoms with Gasteiger partial charge in [-0.25, -0.2) is 0 Å². The third kappa shape index (κ3) is 3.24. The molecule has 0 bridgehead atoms. The van der Waals surface area contributed by atoms with Crippen LogP contribution in [-0.2, 0) is 0 Å². The first-order chi connectivity index (χ1) is 6.77. The number of anilines is 1. The zero-order valence-electron chi connectivity index (χ0n) is 7.76. The maximum Gasteiger partial charge on any atom is 0.135 e. The van der Waals surface area contributed by atoms with Crippen molar-refractivity contribution in [3.8, 4) is 5.75 Å². The molecule has 0 amide bonds. The van der Waals surface area contributed by atoms with Crippen LogP contribution in [0, 0.1) is 0 Å². The second-order valence-electron chi connectivity index (χ2n) is 2.59. The Morgan fingerprint density at radius 3 is 3.00 bits per heavy atom. The van der Waals surface area contributed by atoms with Crippen LogP contribution in [0.1, 0.15) is 0 Å². The maximum atomic E-state index is 5.40. The van der Waals surface area contributed by atoms with E-state index in [4.69, 9.17) is 16.3 Å². The van der Waals surface area contributed by atoms with E-state index in [-0.39, 0.29) is 0 Å². The van der Waals surface area contributed by atoms with Gasteiger partial charge in [0.25, 0.3) is 0 Å². The van der Waals surface area contributed by atoms with Gasteiger partial charge in [-0.1, -0.05) is 17.7 Å². The van der Waals surface area contributed by atoms with Crippen molar-refractivity contribution < 1.29 is 4.74 Å². The lowest BCUT2D eigenvalue weighted by atomic mass is 10.3. The van der Waals surface area contributed by atoms with Crippen LogP contribution in [-0.4, -0.2) is 13.7 Å². The lowest BCUT2D eigenvalue weighted by Crippen LogP contribution is -1.98. The van der Waals surface area contributed by atoms with Crippen molar-refractivity contribution in [2.24, 2.45) is 0 Å². The summed E-state index contributed by atoms with van der Waals surface area (Å²) >= 11 is 8.78. The molecule has 0 aliphatic heterocycles. The predicted octanol–water partition coefficient (Wildman–Crippen LogP) is 3.62. The monoisotopic (exact) mass is 275 g/mol. The van der Waals surface area contributed by atoms with E-state index in [0.29, 0.717) is 6.54 Å². The molecular formula is C10H11BrClNO. The molecule has 0 aliphatic carbocycles. The summed E-state index contributed by atoms with van der Waals surface area (Å²) in [5, 5.41) is 3.18. The predicted molar refractivity (Wildman–Crippen MR) is 64.2 cm³/mol. The molecule has 0 aromatic heterocycles. The number of hydrogen-bond acceptors (Lipinski definition) is 2. The third-order valence-electron chi connectivity index (χ3n) is 1.66. The summed E-state index contributed by atoms with van der Waals surface area (Å²) in [5.41, 5.74) is 2.49. The van der Waals surface area contributed by atoms with Gasteiger partial charge >= 0.3 is 0 Å². The van der Waals surface area contributed by atoms with Crippen LogP contribution >= 0.6 is 27.5 Å². The Kier molecular flexibility index (Phi) is 4.84. The van der Waals surface area contributed by atoms with Crippen molar-refractivity contribution in [1.29, 1.82) is 0 Å². The van der Waals surface area contributed by atoms with Gasteiger partial charge in [-0.3, -0.25) is 0 Å². The normalized spacial score (nSPS) is 10.5. The molecule has 0 saturated heterocycles. The highest BCUT2D eigenvalue weighted by Gasteiger charge is 1.99. The van der Waals surface area contributed by atoms with Crippen LogP contribution in [0.4, 0.5) is 5.69 Å². The first-order valence-electron chi connectivity index (χ1n) is 4.10. The molecule has 2 nitrogen and oxygen atoms in total. The van der Waals surface area contributed by atoms with Gasteiger partial charge < -0.3 is 10.1 Å². The van der Waals surface area contributed by atoms with Gasteiger partial charge in [-0.2, -0.15) is 0 Å². The topological polar surface area (TPSA) is 21.3 Å². The zero-order valence-corrected chi connectivity index (χ0v) is 10.1. The van der Waals surface area contributed by atoms with E-state index in [1.54, 1.807) is 7.11 Å². The van der Waals surface area contributed by atoms with Gasteiger partial charge in [0.1, 0.15) is 5.75 Å². The van der Waals surface area contributed by atoms with Crippen LogP contribution in [0.15, 0.2) is 34.3 Å². The quantitative estimate of drug-likeness (QED) is 0.907. The molecule has 0 unspecified atom stereocenters. The molecule has 0 aliphatic rings. The van der Waals surface area contributed by atoms with Crippen LogP contribution in [0.25, 0.3) is 0 Å². The summed E-state index contributed by atoms with van der Waals surface area (Å²) in [6, 6.07) is 5.83. The molecule has 0 saturated carbocycles. The molecule has 1 N–H and O–H groups in total. The molecular weight excluding hydrogens is 265 g/mol. The smallest absolute Gasteiger partial charge is 0.135 e. The molecule has 14 heavy (non-hydrogen) atoms. The number of benzene rings is 1. The summed E-state index contributed by atoms with van der Waals surface area (Å²) < 4.78 is 6.10. The van der Waals surface area contributed by atoms with Crippen LogP contribution in [0.3, 0.4) is 0 Å². The Morgan fingerprint density at radius 1 is 1.57 bits per heavy atom. The summed E-state index contributed by atoms with van der Waals surface area (Å²) in [6.07, 6.45) is 1.83. The van der Waals surface area contributed by atoms with Gasteiger partial charge in [0, 0.05) is 23.8 Å². The lowest BCUT2D eigenvalue weighted by Gasteiger charge is -2.07. The minimum Gasteiger partial charge on any atom is -0.495 e. The third-order valence-corrected chi connectivity index (χ3v) is 2.50. The lowest BCUT2D eigenvalue weighted by molar-refractivity contribution is 0.412. The second-order valence-corrected chi connectivity index (χ2v) is 3.70. The first-order valence-corrected chi connectivity index (χ1v) is 5.33. The fourth-order valence-electron chi connectivity index (χ4n) is 0.991. The first kappa shape index (κ1) is 11.4. The van der Waals surface area contributed by atoms with Crippen LogP contribution in [0.5, 0.6) is 5.75 Å². The van der Waals surface area contributed by atoms with E-state index < -0.39 is 0 Å². The molecule has 1 rings (SSSR count). The number of ether oxygens (including phenoxy) is 1. The van der Waals surface area contributed by atoms with Gasteiger partial charge in [0.2, 0.25) is 0 Å². The Labute approximate surface area is 97.0 Å². The highest BCUT2D eigenvalue weighted by Crippen LogP contribution is 2.27. The van der Waals surface area contributed by atoms with Crippen molar-refractivity contribution >= 4 is 33.2 Å². The van der Waals surface area contributed by atoms with Crippen molar-refractivity contribution in [3.05, 3.63) is 34.3 Å². The highest BCUT2D eigenvalue weighted by atomic mass is 79.9. The zero-order chi connectivity index (χ0) is 10.4. The Bertz CT molecular complexity index is 328. The Morgan fingerprint density at radius 2 is 2.36 bits per heavy atom. The molecule has 76 valence electrons. The van der Waals surface area contributed by atoms with E-state index in [1.807, 2.05) is 24.3 Å². The molecule has 0 atom stereocenters. The van der Waals surface area contributed by atoms with Crippen LogP contribution in [0.2, 0.25) is 0 Å². The number of methoxy groups -OCH3 is 1. The molecule has 1 aromatic rings. The van der Waals surface area contributed by atoms with Crippen LogP contribution < -0.4 is 10.1 Å². The van der Waals surface area contributed by atoms with Crippen molar-refractivity contribution in [2.45, 2.75) is 0 Å². The summed E-state index contributed by atoms with van der Waals surface area (Å²) in [5.74, 6) is 0.810. The number of hydrogen-bond donors (Lipinski definition) is 1. The van der Waals surface area contributed by atoms with Crippen molar-refractivity contribution in [3.63, 3.8) is 0 Å². The number of nitrogens with one attached hydrogen (secondary N) is 1. The van der Waals surface area contributed by atoms with Gasteiger partial charge in [0.05, 0.1) is 11.6 Å². The summed E-state index contributed by atoms with van der Waals surface area (Å²) in [4.78, 5) is 0. The van der Waals surface area contributed by atoms with Gasteiger partial charge in [-0.05, 0) is 28.1 Å². The average molecular weight is 277 g/mol. The number of halogens is 2. The maximum absolute atomic E-state index is 5.40. The highest BCUT2D eigenvalue weighted by molar-refractivity contribution is 9.10. The van der Waals surface area contributed by atoms with E-state index in [2.05, 4.69) is 21.2 Å². The largest absolute Gasteiger partial charge is 0.495 e. The van der Waals surface area contributed by atoms with E-state index in [0.717, 1.165) is 15.9 Å². The number of rotatable bonds is 4. The van der Waals surface area contributed by atoms with Crippen molar-refractivity contribution in [1.82, 2.24) is 0 Å². The minimum absolute atomic E-state index is 0.703. The molecule has 0 heterocycles. The van der Waals surface area contributed by atoms with Crippen molar-refractivity contribution in [2.75, 3.05) is 19.0 Å². The molecule has 0 spiro atoms. The minimum atomic E-state index is 0.703. The Balaban J connectivity index is 2.69. The molecule has 1 aromatic carbocycles. The summed E-state index contributed by atoms with van der Waals surface area (Å²) in [7, 11) is 1.64. The second kappa shape index (κ2) is 5.94. The van der Waals surface area contributed by atoms with Gasteiger partial charge in [-0.15, -0.1) is 0 Å². The molecule has 0 radical (unpaired) electrons. The van der Waals surface area contributed by atoms with E-state index >= 15 is 0 Å². The Hall–Kier alpha value is -0.670. The van der Waals surface area contributed by atoms with Gasteiger partial charge in [0.15, 0.2) is 0 Å². The standard InChI is InChI=1S/C10H11BrClNO/c1-14-10-7-8(3-4-9(10)11)13-6-2-5-12/h2-5,7,13H,6H2,1H3/b5-2+.